The Kier molecular flexibility index (Phi) is 10.1. The first-order valence-electron chi connectivity index (χ1n) is 12.8. The normalized spacial score (nSPS) is 11.4. The molecule has 224 valence electrons. The Bertz CT molecular complexity index is 1710. The number of carbonyl (C=O) groups excluding carboxylic acids is 3. The van der Waals surface area contributed by atoms with Crippen LogP contribution in [0.15, 0.2) is 114 Å². The summed E-state index contributed by atoms with van der Waals surface area (Å²) in [4.78, 5) is 49.9. The largest absolute Gasteiger partial charge is 0.418 e. The molecular weight excluding hydrogens is 597 g/mol. The molecule has 0 saturated heterocycles. The molecule has 4 aromatic rings. The van der Waals surface area contributed by atoms with E-state index in [1.54, 1.807) is 48.5 Å². The van der Waals surface area contributed by atoms with E-state index < -0.39 is 34.4 Å². The van der Waals surface area contributed by atoms with Gasteiger partial charge in [0.15, 0.2) is 0 Å². The van der Waals surface area contributed by atoms with Crippen molar-refractivity contribution in [2.75, 3.05) is 16.4 Å². The van der Waals surface area contributed by atoms with Gasteiger partial charge in [-0.3, -0.25) is 24.5 Å². The van der Waals surface area contributed by atoms with E-state index in [4.69, 9.17) is 0 Å². The van der Waals surface area contributed by atoms with Crippen molar-refractivity contribution in [1.29, 1.82) is 0 Å². The standard InChI is InChI=1S/C31H23F3N4O5S/c32-31(33,34)24-11-5-6-12-25(24)36-28(39)19-44-23-16-14-22(15-17-23)35-30(41)26(37-29(40)20-8-2-1-3-9-20)18-21-10-4-7-13-27(21)38(42)43/h1-18H,19H2,(H,35,41)(H,36,39)(H,37,40)/b26-18-. The van der Waals surface area contributed by atoms with Gasteiger partial charge in [-0.1, -0.05) is 42.5 Å². The van der Waals surface area contributed by atoms with Crippen molar-refractivity contribution in [3.05, 3.63) is 136 Å². The number of nitrogens with one attached hydrogen (secondary N) is 3. The van der Waals surface area contributed by atoms with Crippen molar-refractivity contribution < 1.29 is 32.5 Å². The van der Waals surface area contributed by atoms with Crippen LogP contribution in [0.25, 0.3) is 6.08 Å². The molecule has 9 nitrogen and oxygen atoms in total. The lowest BCUT2D eigenvalue weighted by atomic mass is 10.1. The Hall–Kier alpha value is -5.43. The molecule has 0 spiro atoms. The van der Waals surface area contributed by atoms with Crippen LogP contribution in [0, 0.1) is 10.1 Å². The molecular formula is C31H23F3N4O5S. The van der Waals surface area contributed by atoms with E-state index in [2.05, 4.69) is 16.0 Å². The molecule has 4 aromatic carbocycles. The van der Waals surface area contributed by atoms with Gasteiger partial charge < -0.3 is 16.0 Å². The summed E-state index contributed by atoms with van der Waals surface area (Å²) in [6, 6.07) is 24.7. The van der Waals surface area contributed by atoms with Gasteiger partial charge in [0.2, 0.25) is 5.91 Å². The third-order valence-corrected chi connectivity index (χ3v) is 6.96. The molecule has 13 heteroatoms. The summed E-state index contributed by atoms with van der Waals surface area (Å²) in [5.74, 6) is -2.17. The minimum absolute atomic E-state index is 0.0962. The number of hydrogen-bond donors (Lipinski definition) is 3. The molecule has 0 aromatic heterocycles. The number of hydrogen-bond acceptors (Lipinski definition) is 6. The molecule has 3 amide bonds. The average Bonchev–Trinajstić information content (AvgIpc) is 3.00. The van der Waals surface area contributed by atoms with Gasteiger partial charge in [0, 0.05) is 22.2 Å². The van der Waals surface area contributed by atoms with Crippen molar-refractivity contribution in [2.24, 2.45) is 0 Å². The number of halogens is 3. The van der Waals surface area contributed by atoms with Crippen LogP contribution in [-0.4, -0.2) is 28.4 Å². The first-order chi connectivity index (χ1) is 21.0. The third-order valence-electron chi connectivity index (χ3n) is 5.95. The third kappa shape index (κ3) is 8.55. The summed E-state index contributed by atoms with van der Waals surface area (Å²) < 4.78 is 39.6. The molecule has 0 aliphatic carbocycles. The second-order valence-corrected chi connectivity index (χ2v) is 10.1. The van der Waals surface area contributed by atoms with E-state index >= 15 is 0 Å². The fourth-order valence-corrected chi connectivity index (χ4v) is 4.58. The Morgan fingerprint density at radius 3 is 2.14 bits per heavy atom. The van der Waals surface area contributed by atoms with Crippen molar-refractivity contribution >= 4 is 52.6 Å². The van der Waals surface area contributed by atoms with Gasteiger partial charge in [-0.05, 0) is 60.7 Å². The number of nitro benzene ring substituents is 1. The Balaban J connectivity index is 1.45. The summed E-state index contributed by atoms with van der Waals surface area (Å²) in [5.41, 5.74) is -1.13. The van der Waals surface area contributed by atoms with Gasteiger partial charge in [-0.15, -0.1) is 11.8 Å². The molecule has 0 aliphatic heterocycles. The molecule has 0 radical (unpaired) electrons. The monoisotopic (exact) mass is 620 g/mol. The number of nitrogens with zero attached hydrogens (tertiary/aromatic N) is 1. The maximum absolute atomic E-state index is 13.2. The van der Waals surface area contributed by atoms with Gasteiger partial charge in [-0.25, -0.2) is 0 Å². The zero-order chi connectivity index (χ0) is 31.7. The predicted molar refractivity (Wildman–Crippen MR) is 161 cm³/mol. The molecule has 4 rings (SSSR count). The topological polar surface area (TPSA) is 130 Å². The lowest BCUT2D eigenvalue weighted by molar-refractivity contribution is -0.385. The quantitative estimate of drug-likeness (QED) is 0.0778. The van der Waals surface area contributed by atoms with Crippen LogP contribution in [0.3, 0.4) is 0 Å². The zero-order valence-corrected chi connectivity index (χ0v) is 23.4. The number of benzene rings is 4. The fraction of sp³-hybridized carbons (Fsp3) is 0.0645. The fourth-order valence-electron chi connectivity index (χ4n) is 3.88. The van der Waals surface area contributed by atoms with Crippen LogP contribution in [0.2, 0.25) is 0 Å². The number of para-hydroxylation sites is 2. The van der Waals surface area contributed by atoms with E-state index in [0.29, 0.717) is 10.6 Å². The number of alkyl halides is 3. The highest BCUT2D eigenvalue weighted by Crippen LogP contribution is 2.34. The highest BCUT2D eigenvalue weighted by atomic mass is 32.2. The SMILES string of the molecule is O=C(CSc1ccc(NC(=O)/C(=C/c2ccccc2[N+](=O)[O-])NC(=O)c2ccccc2)cc1)Nc1ccccc1C(F)(F)F. The second kappa shape index (κ2) is 14.2. The Morgan fingerprint density at radius 2 is 1.45 bits per heavy atom. The number of amides is 3. The lowest BCUT2D eigenvalue weighted by Crippen LogP contribution is -2.30. The summed E-state index contributed by atoms with van der Waals surface area (Å²) in [6.07, 6.45) is -3.42. The molecule has 0 saturated carbocycles. The average molecular weight is 621 g/mol. The van der Waals surface area contributed by atoms with Gasteiger partial charge in [-0.2, -0.15) is 13.2 Å². The maximum Gasteiger partial charge on any atom is 0.418 e. The van der Waals surface area contributed by atoms with Crippen LogP contribution in [0.4, 0.5) is 30.2 Å². The van der Waals surface area contributed by atoms with Crippen molar-refractivity contribution in [2.45, 2.75) is 11.1 Å². The van der Waals surface area contributed by atoms with Crippen LogP contribution < -0.4 is 16.0 Å². The highest BCUT2D eigenvalue weighted by molar-refractivity contribution is 8.00. The molecule has 0 fully saturated rings. The van der Waals surface area contributed by atoms with E-state index in [0.717, 1.165) is 17.8 Å². The highest BCUT2D eigenvalue weighted by Gasteiger charge is 2.33. The van der Waals surface area contributed by atoms with Crippen LogP contribution in [-0.2, 0) is 15.8 Å². The predicted octanol–water partition coefficient (Wildman–Crippen LogP) is 6.75. The summed E-state index contributed by atoms with van der Waals surface area (Å²) in [7, 11) is 0. The number of rotatable bonds is 10. The van der Waals surface area contributed by atoms with Crippen LogP contribution in [0.1, 0.15) is 21.5 Å². The Morgan fingerprint density at radius 1 is 0.818 bits per heavy atom. The molecule has 3 N–H and O–H groups in total. The van der Waals surface area contributed by atoms with Gasteiger partial charge >= 0.3 is 6.18 Å². The van der Waals surface area contributed by atoms with E-state index in [1.807, 2.05) is 0 Å². The molecule has 0 unspecified atom stereocenters. The molecule has 0 bridgehead atoms. The lowest BCUT2D eigenvalue weighted by Gasteiger charge is -2.13. The zero-order valence-electron chi connectivity index (χ0n) is 22.6. The number of thioether (sulfide) groups is 1. The minimum atomic E-state index is -4.62. The molecule has 0 aliphatic rings. The van der Waals surface area contributed by atoms with Gasteiger partial charge in [0.25, 0.3) is 17.5 Å². The van der Waals surface area contributed by atoms with E-state index in [9.17, 15) is 37.7 Å². The summed E-state index contributed by atoms with van der Waals surface area (Å²) in [5, 5.41) is 18.9. The molecule has 0 atom stereocenters. The van der Waals surface area contributed by atoms with E-state index in [-0.39, 0.29) is 34.0 Å². The maximum atomic E-state index is 13.2. The van der Waals surface area contributed by atoms with Crippen molar-refractivity contribution in [3.63, 3.8) is 0 Å². The minimum Gasteiger partial charge on any atom is -0.325 e. The smallest absolute Gasteiger partial charge is 0.325 e. The van der Waals surface area contributed by atoms with Crippen molar-refractivity contribution in [1.82, 2.24) is 5.32 Å². The molecule has 44 heavy (non-hydrogen) atoms. The number of anilines is 2. The van der Waals surface area contributed by atoms with Crippen LogP contribution in [0.5, 0.6) is 0 Å². The summed E-state index contributed by atoms with van der Waals surface area (Å²) in [6.45, 7) is 0. The first kappa shape index (κ1) is 31.5. The van der Waals surface area contributed by atoms with E-state index in [1.165, 1.54) is 54.6 Å². The van der Waals surface area contributed by atoms with Crippen LogP contribution >= 0.6 is 11.8 Å². The van der Waals surface area contributed by atoms with Gasteiger partial charge in [0.1, 0.15) is 5.70 Å². The summed E-state index contributed by atoms with van der Waals surface area (Å²) >= 11 is 1.07. The first-order valence-corrected chi connectivity index (χ1v) is 13.8. The van der Waals surface area contributed by atoms with Gasteiger partial charge in [0.05, 0.1) is 27.5 Å². The number of carbonyl (C=O) groups is 3. The van der Waals surface area contributed by atoms with Crippen molar-refractivity contribution in [3.8, 4) is 0 Å². The second-order valence-electron chi connectivity index (χ2n) is 9.05. The Labute approximate surface area is 253 Å². The number of nitro groups is 1. The molecule has 0 heterocycles.